The first-order valence-corrected chi connectivity index (χ1v) is 9.37. The molecule has 0 aliphatic rings. The number of ether oxygens (including phenoxy) is 1. The molecule has 0 unspecified atom stereocenters. The first-order chi connectivity index (χ1) is 14.0. The minimum atomic E-state index is -0.547. The highest BCUT2D eigenvalue weighted by Crippen LogP contribution is 2.34. The van der Waals surface area contributed by atoms with Gasteiger partial charge >= 0.3 is 11.6 Å². The molecule has 4 rings (SSSR count). The Hall–Kier alpha value is -3.66. The summed E-state index contributed by atoms with van der Waals surface area (Å²) in [5.41, 5.74) is 4.30. The number of aryl methyl sites for hydroxylation is 2. The Labute approximate surface area is 168 Å². The molecule has 4 heteroatoms. The highest BCUT2D eigenvalue weighted by atomic mass is 16.5. The van der Waals surface area contributed by atoms with Crippen LogP contribution in [0.3, 0.4) is 0 Å². The van der Waals surface area contributed by atoms with Gasteiger partial charge in [0, 0.05) is 0 Å². The molecule has 144 valence electrons. The van der Waals surface area contributed by atoms with Crippen molar-refractivity contribution in [1.82, 2.24) is 0 Å². The zero-order valence-electron chi connectivity index (χ0n) is 16.5. The molecule has 0 fully saturated rings. The Morgan fingerprint density at radius 1 is 0.862 bits per heavy atom. The predicted octanol–water partition coefficient (Wildman–Crippen LogP) is 5.60. The average Bonchev–Trinajstić information content (AvgIpc) is 2.72. The Morgan fingerprint density at radius 3 is 2.17 bits per heavy atom. The van der Waals surface area contributed by atoms with E-state index in [1.165, 1.54) is 0 Å². The highest BCUT2D eigenvalue weighted by Gasteiger charge is 2.21. The molecular formula is C25H20O4. The van der Waals surface area contributed by atoms with Gasteiger partial charge in [0.15, 0.2) is 5.75 Å². The summed E-state index contributed by atoms with van der Waals surface area (Å²) in [5.74, 6) is -0.298. The topological polar surface area (TPSA) is 56.5 Å². The van der Waals surface area contributed by atoms with E-state index in [1.54, 1.807) is 42.5 Å². The number of benzene rings is 3. The van der Waals surface area contributed by atoms with Crippen molar-refractivity contribution in [3.8, 4) is 16.9 Å². The maximum atomic E-state index is 13.0. The smallest absolute Gasteiger partial charge is 0.348 e. The van der Waals surface area contributed by atoms with Crippen LogP contribution in [0, 0.1) is 20.8 Å². The molecule has 29 heavy (non-hydrogen) atoms. The molecule has 0 amide bonds. The van der Waals surface area contributed by atoms with Crippen LogP contribution in [0.15, 0.2) is 75.9 Å². The van der Waals surface area contributed by atoms with Crippen LogP contribution in [0.5, 0.6) is 5.75 Å². The monoisotopic (exact) mass is 384 g/mol. The summed E-state index contributed by atoms with van der Waals surface area (Å²) in [6.07, 6.45) is 0. The second kappa shape index (κ2) is 7.40. The number of hydrogen-bond acceptors (Lipinski definition) is 4. The summed E-state index contributed by atoms with van der Waals surface area (Å²) in [6.45, 7) is 5.94. The van der Waals surface area contributed by atoms with Crippen molar-refractivity contribution >= 4 is 16.9 Å². The second-order valence-corrected chi connectivity index (χ2v) is 7.08. The molecule has 0 atom stereocenters. The van der Waals surface area contributed by atoms with E-state index in [4.69, 9.17) is 9.15 Å². The van der Waals surface area contributed by atoms with Crippen molar-refractivity contribution in [2.45, 2.75) is 20.8 Å². The fourth-order valence-corrected chi connectivity index (χ4v) is 3.39. The Bertz CT molecular complexity index is 1260. The van der Waals surface area contributed by atoms with Crippen LogP contribution in [0.1, 0.15) is 27.0 Å². The fourth-order valence-electron chi connectivity index (χ4n) is 3.39. The van der Waals surface area contributed by atoms with Gasteiger partial charge in [-0.1, -0.05) is 42.5 Å². The van der Waals surface area contributed by atoms with E-state index in [0.717, 1.165) is 16.7 Å². The Balaban J connectivity index is 1.90. The molecule has 0 bridgehead atoms. The number of hydrogen-bond donors (Lipinski definition) is 0. The minimum absolute atomic E-state index is 0.212. The van der Waals surface area contributed by atoms with Gasteiger partial charge in [0.05, 0.1) is 10.9 Å². The van der Waals surface area contributed by atoms with Gasteiger partial charge in [0.1, 0.15) is 11.1 Å². The average molecular weight is 384 g/mol. The van der Waals surface area contributed by atoms with Crippen molar-refractivity contribution < 1.29 is 13.9 Å². The molecule has 0 aliphatic carbocycles. The first-order valence-electron chi connectivity index (χ1n) is 9.37. The van der Waals surface area contributed by atoms with Crippen LogP contribution in [-0.4, -0.2) is 5.97 Å². The quantitative estimate of drug-likeness (QED) is 0.341. The van der Waals surface area contributed by atoms with Gasteiger partial charge in [0.25, 0.3) is 0 Å². The number of carbonyl (C=O) groups is 1. The molecule has 4 aromatic rings. The molecule has 1 heterocycles. The zero-order chi connectivity index (χ0) is 20.5. The zero-order valence-corrected chi connectivity index (χ0v) is 16.5. The molecule has 0 spiro atoms. The van der Waals surface area contributed by atoms with Gasteiger partial charge in [-0.15, -0.1) is 0 Å². The van der Waals surface area contributed by atoms with Crippen LogP contribution in [0.2, 0.25) is 0 Å². The maximum absolute atomic E-state index is 13.0. The molecular weight excluding hydrogens is 364 g/mol. The van der Waals surface area contributed by atoms with E-state index in [2.05, 4.69) is 0 Å². The van der Waals surface area contributed by atoms with E-state index >= 15 is 0 Å². The predicted molar refractivity (Wildman–Crippen MR) is 114 cm³/mol. The van der Waals surface area contributed by atoms with Crippen molar-refractivity contribution in [2.24, 2.45) is 0 Å². The lowest BCUT2D eigenvalue weighted by Crippen LogP contribution is -2.14. The number of carbonyl (C=O) groups excluding carboxylic acids is 1. The largest absolute Gasteiger partial charge is 0.422 e. The molecule has 1 aromatic heterocycles. The van der Waals surface area contributed by atoms with Gasteiger partial charge < -0.3 is 9.15 Å². The molecule has 0 saturated carbocycles. The maximum Gasteiger partial charge on any atom is 0.348 e. The number of para-hydroxylation sites is 1. The van der Waals surface area contributed by atoms with E-state index in [1.807, 2.05) is 45.0 Å². The minimum Gasteiger partial charge on any atom is -0.422 e. The van der Waals surface area contributed by atoms with Gasteiger partial charge in [0.2, 0.25) is 0 Å². The lowest BCUT2D eigenvalue weighted by atomic mass is 10.0. The number of esters is 1. The lowest BCUT2D eigenvalue weighted by molar-refractivity contribution is 0.0737. The van der Waals surface area contributed by atoms with Gasteiger partial charge in [-0.25, -0.2) is 9.59 Å². The fraction of sp³-hybridized carbons (Fsp3) is 0.120. The van der Waals surface area contributed by atoms with E-state index in [0.29, 0.717) is 22.1 Å². The Morgan fingerprint density at radius 2 is 1.48 bits per heavy atom. The van der Waals surface area contributed by atoms with Gasteiger partial charge in [-0.2, -0.15) is 0 Å². The van der Waals surface area contributed by atoms with Crippen molar-refractivity contribution in [3.05, 3.63) is 99.4 Å². The summed E-state index contributed by atoms with van der Waals surface area (Å²) in [5, 5.41) is 0.569. The third-order valence-electron chi connectivity index (χ3n) is 5.19. The third-order valence-corrected chi connectivity index (χ3v) is 5.19. The lowest BCUT2D eigenvalue weighted by Gasteiger charge is -2.13. The normalized spacial score (nSPS) is 10.9. The summed E-state index contributed by atoms with van der Waals surface area (Å²) < 4.78 is 11.3. The number of fused-ring (bicyclic) bond motifs is 1. The van der Waals surface area contributed by atoms with E-state index in [9.17, 15) is 9.59 Å². The molecule has 4 nitrogen and oxygen atoms in total. The van der Waals surface area contributed by atoms with Crippen molar-refractivity contribution in [1.29, 1.82) is 0 Å². The van der Waals surface area contributed by atoms with Gasteiger partial charge in [-0.05, 0) is 67.3 Å². The van der Waals surface area contributed by atoms with Gasteiger partial charge in [-0.3, -0.25) is 0 Å². The van der Waals surface area contributed by atoms with E-state index in [-0.39, 0.29) is 11.3 Å². The van der Waals surface area contributed by atoms with Crippen LogP contribution in [-0.2, 0) is 0 Å². The summed E-state index contributed by atoms with van der Waals surface area (Å²) in [6, 6.07) is 19.7. The molecule has 3 aromatic carbocycles. The highest BCUT2D eigenvalue weighted by molar-refractivity contribution is 5.97. The third kappa shape index (κ3) is 3.45. The molecule has 0 saturated heterocycles. The summed E-state index contributed by atoms with van der Waals surface area (Å²) in [7, 11) is 0. The van der Waals surface area contributed by atoms with Crippen molar-refractivity contribution in [2.75, 3.05) is 0 Å². The standard InChI is InChI=1S/C25H20O4/c1-15-13-19(14-16(2)17(15)3)24(26)29-23-20-11-7-8-12-21(20)28-25(27)22(23)18-9-5-4-6-10-18/h4-14H,1-3H3. The number of rotatable bonds is 3. The van der Waals surface area contributed by atoms with Crippen LogP contribution in [0.25, 0.3) is 22.1 Å². The Kier molecular flexibility index (Phi) is 4.77. The summed E-state index contributed by atoms with van der Waals surface area (Å²) >= 11 is 0. The molecule has 0 aliphatic heterocycles. The second-order valence-electron chi connectivity index (χ2n) is 7.08. The van der Waals surface area contributed by atoms with Crippen LogP contribution in [0.4, 0.5) is 0 Å². The van der Waals surface area contributed by atoms with E-state index < -0.39 is 11.6 Å². The van der Waals surface area contributed by atoms with Crippen LogP contribution < -0.4 is 10.4 Å². The van der Waals surface area contributed by atoms with Crippen LogP contribution >= 0.6 is 0 Å². The van der Waals surface area contributed by atoms with Crippen molar-refractivity contribution in [3.63, 3.8) is 0 Å². The molecule has 0 N–H and O–H groups in total. The SMILES string of the molecule is Cc1cc(C(=O)Oc2c(-c3ccccc3)c(=O)oc3ccccc23)cc(C)c1C. The summed E-state index contributed by atoms with van der Waals surface area (Å²) in [4.78, 5) is 25.8. The first kappa shape index (κ1) is 18.7. The molecule has 0 radical (unpaired) electrons.